The van der Waals surface area contributed by atoms with Crippen LogP contribution in [0.15, 0.2) is 53.4 Å². The van der Waals surface area contributed by atoms with Crippen LogP contribution in [-0.2, 0) is 11.0 Å². The highest BCUT2D eigenvalue weighted by atomic mass is 32.1. The number of carbonyl (C=O) groups is 1. The Hall–Kier alpha value is -2.75. The standard InChI is InChI=1S/C17H13F4N3O2S/c1-10(18)16(25)24-8-11(9-24)14(15-22-6-7-27-15)23-26-13-4-2-12(3-5-13)17(19,20)21/h2-7,11H,1,8-9H2. The molecule has 1 aromatic heterocycles. The van der Waals surface area contributed by atoms with E-state index in [0.717, 1.165) is 24.3 Å². The molecule has 1 aromatic carbocycles. The van der Waals surface area contributed by atoms with E-state index >= 15 is 0 Å². The Bertz CT molecular complexity index is 857. The van der Waals surface area contributed by atoms with Gasteiger partial charge >= 0.3 is 6.18 Å². The van der Waals surface area contributed by atoms with Crippen LogP contribution in [0, 0.1) is 5.92 Å². The van der Waals surface area contributed by atoms with Gasteiger partial charge in [-0.25, -0.2) is 9.37 Å². The van der Waals surface area contributed by atoms with Crippen LogP contribution in [0.5, 0.6) is 5.75 Å². The fourth-order valence-electron chi connectivity index (χ4n) is 2.43. The van der Waals surface area contributed by atoms with Gasteiger partial charge in [-0.3, -0.25) is 4.79 Å². The molecule has 1 saturated heterocycles. The van der Waals surface area contributed by atoms with Gasteiger partial charge in [0.25, 0.3) is 5.91 Å². The highest BCUT2D eigenvalue weighted by molar-refractivity contribution is 7.11. The van der Waals surface area contributed by atoms with Gasteiger partial charge in [-0.1, -0.05) is 11.7 Å². The summed E-state index contributed by atoms with van der Waals surface area (Å²) < 4.78 is 50.7. The van der Waals surface area contributed by atoms with Gasteiger partial charge in [0.05, 0.1) is 5.56 Å². The van der Waals surface area contributed by atoms with Crippen LogP contribution in [0.2, 0.25) is 0 Å². The lowest BCUT2D eigenvalue weighted by molar-refractivity contribution is -0.137. The molecule has 0 radical (unpaired) electrons. The minimum Gasteiger partial charge on any atom is -0.357 e. The van der Waals surface area contributed by atoms with Crippen molar-refractivity contribution in [1.29, 1.82) is 0 Å². The molecule has 0 spiro atoms. The summed E-state index contributed by atoms with van der Waals surface area (Å²) in [5, 5.41) is 6.30. The van der Waals surface area contributed by atoms with Crippen molar-refractivity contribution >= 4 is 23.0 Å². The van der Waals surface area contributed by atoms with E-state index in [1.807, 2.05) is 0 Å². The zero-order valence-electron chi connectivity index (χ0n) is 13.7. The molecule has 142 valence electrons. The number of oxime groups is 1. The van der Waals surface area contributed by atoms with Gasteiger partial charge in [-0.15, -0.1) is 11.3 Å². The molecule has 0 N–H and O–H groups in total. The van der Waals surface area contributed by atoms with E-state index in [9.17, 15) is 22.4 Å². The Morgan fingerprint density at radius 1 is 1.30 bits per heavy atom. The Morgan fingerprint density at radius 3 is 2.48 bits per heavy atom. The van der Waals surface area contributed by atoms with E-state index < -0.39 is 23.5 Å². The Labute approximate surface area is 155 Å². The van der Waals surface area contributed by atoms with Gasteiger partial charge in [0.2, 0.25) is 0 Å². The third-order valence-electron chi connectivity index (χ3n) is 3.87. The first kappa shape index (κ1) is 19.0. The van der Waals surface area contributed by atoms with Crippen molar-refractivity contribution in [1.82, 2.24) is 9.88 Å². The van der Waals surface area contributed by atoms with Crippen molar-refractivity contribution in [2.45, 2.75) is 6.18 Å². The average molecular weight is 399 g/mol. The smallest absolute Gasteiger partial charge is 0.357 e. The minimum atomic E-state index is -4.43. The van der Waals surface area contributed by atoms with Crippen LogP contribution in [0.25, 0.3) is 0 Å². The summed E-state index contributed by atoms with van der Waals surface area (Å²) in [6, 6.07) is 4.11. The first-order chi connectivity index (χ1) is 12.8. The summed E-state index contributed by atoms with van der Waals surface area (Å²) >= 11 is 1.30. The lowest BCUT2D eigenvalue weighted by atomic mass is 9.94. The van der Waals surface area contributed by atoms with Crippen LogP contribution in [-0.4, -0.2) is 34.6 Å². The first-order valence-electron chi connectivity index (χ1n) is 7.71. The van der Waals surface area contributed by atoms with Crippen LogP contribution < -0.4 is 4.84 Å². The Morgan fingerprint density at radius 2 is 1.96 bits per heavy atom. The van der Waals surface area contributed by atoms with E-state index in [4.69, 9.17) is 4.84 Å². The molecule has 10 heteroatoms. The number of benzene rings is 1. The van der Waals surface area contributed by atoms with Crippen molar-refractivity contribution in [3.8, 4) is 5.75 Å². The van der Waals surface area contributed by atoms with Crippen LogP contribution in [0.3, 0.4) is 0 Å². The molecule has 0 bridgehead atoms. The van der Waals surface area contributed by atoms with Crippen LogP contribution >= 0.6 is 11.3 Å². The van der Waals surface area contributed by atoms with E-state index in [0.29, 0.717) is 10.7 Å². The van der Waals surface area contributed by atoms with Crippen molar-refractivity contribution in [2.75, 3.05) is 13.1 Å². The largest absolute Gasteiger partial charge is 0.416 e. The molecule has 1 fully saturated rings. The number of thiazole rings is 1. The van der Waals surface area contributed by atoms with Gasteiger partial charge in [0.1, 0.15) is 10.7 Å². The molecular weight excluding hydrogens is 386 g/mol. The zero-order chi connectivity index (χ0) is 19.6. The third kappa shape index (κ3) is 4.33. The number of carbonyl (C=O) groups excluding carboxylic acids is 1. The highest BCUT2D eigenvalue weighted by Crippen LogP contribution is 2.30. The normalized spacial score (nSPS) is 15.4. The van der Waals surface area contributed by atoms with E-state index in [-0.39, 0.29) is 24.8 Å². The van der Waals surface area contributed by atoms with Crippen LogP contribution in [0.4, 0.5) is 17.6 Å². The van der Waals surface area contributed by atoms with Gasteiger partial charge in [0, 0.05) is 30.6 Å². The molecule has 2 aromatic rings. The summed E-state index contributed by atoms with van der Waals surface area (Å²) in [4.78, 5) is 22.2. The molecule has 27 heavy (non-hydrogen) atoms. The topological polar surface area (TPSA) is 54.8 Å². The van der Waals surface area contributed by atoms with Crippen molar-refractivity contribution in [2.24, 2.45) is 11.1 Å². The van der Waals surface area contributed by atoms with Gasteiger partial charge in [-0.2, -0.15) is 13.2 Å². The second kappa shape index (κ2) is 7.47. The number of hydrogen-bond donors (Lipinski definition) is 0. The number of rotatable bonds is 5. The summed E-state index contributed by atoms with van der Waals surface area (Å²) in [6.45, 7) is 3.41. The monoisotopic (exact) mass is 399 g/mol. The van der Waals surface area contributed by atoms with Gasteiger partial charge < -0.3 is 9.74 Å². The van der Waals surface area contributed by atoms with Crippen molar-refractivity contribution in [3.63, 3.8) is 0 Å². The molecule has 3 rings (SSSR count). The molecule has 1 aliphatic heterocycles. The highest BCUT2D eigenvalue weighted by Gasteiger charge is 2.37. The number of hydrogen-bond acceptors (Lipinski definition) is 5. The second-order valence-electron chi connectivity index (χ2n) is 5.74. The predicted molar refractivity (Wildman–Crippen MR) is 91.0 cm³/mol. The van der Waals surface area contributed by atoms with E-state index in [1.165, 1.54) is 16.2 Å². The zero-order valence-corrected chi connectivity index (χ0v) is 14.6. The third-order valence-corrected chi connectivity index (χ3v) is 4.67. The van der Waals surface area contributed by atoms with Crippen molar-refractivity contribution < 1.29 is 27.2 Å². The molecule has 0 saturated carbocycles. The quantitative estimate of drug-likeness (QED) is 0.332. The summed E-state index contributed by atoms with van der Waals surface area (Å²) in [5.74, 6) is -1.93. The second-order valence-corrected chi connectivity index (χ2v) is 6.63. The van der Waals surface area contributed by atoms with Crippen LogP contribution in [0.1, 0.15) is 10.6 Å². The number of alkyl halides is 3. The molecule has 0 unspecified atom stereocenters. The number of amides is 1. The molecule has 0 aliphatic carbocycles. The molecule has 2 heterocycles. The summed E-state index contributed by atoms with van der Waals surface area (Å²) in [7, 11) is 0. The maximum absolute atomic E-state index is 12.9. The fraction of sp³-hybridized carbons (Fsp3) is 0.235. The molecule has 0 atom stereocenters. The molecule has 1 aliphatic rings. The molecular formula is C17H13F4N3O2S. The number of aromatic nitrogens is 1. The van der Waals surface area contributed by atoms with Crippen molar-refractivity contribution in [3.05, 3.63) is 58.8 Å². The summed E-state index contributed by atoms with van der Waals surface area (Å²) in [6.07, 6.45) is -2.87. The van der Waals surface area contributed by atoms with Gasteiger partial charge in [0.15, 0.2) is 11.6 Å². The number of halogens is 4. The molecule has 1 amide bonds. The maximum Gasteiger partial charge on any atom is 0.416 e. The summed E-state index contributed by atoms with van der Waals surface area (Å²) in [5.41, 5.74) is -0.350. The first-order valence-corrected chi connectivity index (χ1v) is 8.59. The molecule has 5 nitrogen and oxygen atoms in total. The Kier molecular flexibility index (Phi) is 5.26. The maximum atomic E-state index is 12.9. The minimum absolute atomic E-state index is 0.126. The van der Waals surface area contributed by atoms with Gasteiger partial charge in [-0.05, 0) is 24.3 Å². The Balaban J connectivity index is 1.73. The van der Waals surface area contributed by atoms with E-state index in [2.05, 4.69) is 16.7 Å². The fourth-order valence-corrected chi connectivity index (χ4v) is 3.13. The lowest BCUT2D eigenvalue weighted by Crippen LogP contribution is -2.53. The number of nitrogens with zero attached hydrogens (tertiary/aromatic N) is 3. The number of likely N-dealkylation sites (tertiary alicyclic amines) is 1. The van der Waals surface area contributed by atoms with E-state index in [1.54, 1.807) is 11.6 Å². The lowest BCUT2D eigenvalue weighted by Gasteiger charge is -2.38. The average Bonchev–Trinajstić information content (AvgIpc) is 3.10. The predicted octanol–water partition coefficient (Wildman–Crippen LogP) is 3.89. The SMILES string of the molecule is C=C(F)C(=O)N1CC(C(=NOc2ccc(C(F)(F)F)cc2)c2nccs2)C1.